The van der Waals surface area contributed by atoms with Crippen molar-refractivity contribution < 1.29 is 15.0 Å². The molecule has 1 saturated heterocycles. The normalized spacial score (nSPS) is 28.7. The zero-order valence-electron chi connectivity index (χ0n) is 9.20. The number of amides is 1. The highest BCUT2D eigenvalue weighted by Crippen LogP contribution is 2.37. The van der Waals surface area contributed by atoms with Crippen molar-refractivity contribution in [3.63, 3.8) is 0 Å². The van der Waals surface area contributed by atoms with E-state index < -0.39 is 12.2 Å². The number of aliphatic hydroxyl groups excluding tert-OH is 2. The molecule has 1 saturated carbocycles. The molecule has 1 aromatic rings. The van der Waals surface area contributed by atoms with Crippen molar-refractivity contribution in [2.75, 3.05) is 13.1 Å². The zero-order valence-corrected chi connectivity index (χ0v) is 9.20. The fourth-order valence-corrected chi connectivity index (χ4v) is 1.99. The first-order valence-electron chi connectivity index (χ1n) is 5.73. The van der Waals surface area contributed by atoms with Crippen LogP contribution in [-0.4, -0.2) is 61.5 Å². The molecule has 1 amide bonds. The summed E-state index contributed by atoms with van der Waals surface area (Å²) in [6, 6.07) is 0. The summed E-state index contributed by atoms with van der Waals surface area (Å²) in [6.45, 7) is 0.264. The van der Waals surface area contributed by atoms with E-state index in [9.17, 15) is 15.0 Å². The first-order chi connectivity index (χ1) is 8.15. The van der Waals surface area contributed by atoms with Gasteiger partial charge in [-0.1, -0.05) is 0 Å². The fraction of sp³-hybridized carbons (Fsp3) is 0.700. The third kappa shape index (κ3) is 1.91. The van der Waals surface area contributed by atoms with E-state index in [1.54, 1.807) is 0 Å². The van der Waals surface area contributed by atoms with Crippen molar-refractivity contribution in [2.45, 2.75) is 31.0 Å². The van der Waals surface area contributed by atoms with E-state index in [0.29, 0.717) is 5.92 Å². The van der Waals surface area contributed by atoms with Crippen molar-refractivity contribution in [2.24, 2.45) is 0 Å². The molecule has 3 rings (SSSR count). The molecular formula is C10H14N4O3. The number of hydrogen-bond acceptors (Lipinski definition) is 5. The molecule has 2 heterocycles. The lowest BCUT2D eigenvalue weighted by Gasteiger charge is -2.12. The fourth-order valence-electron chi connectivity index (χ4n) is 1.99. The summed E-state index contributed by atoms with van der Waals surface area (Å²) in [5, 5.41) is 25.4. The van der Waals surface area contributed by atoms with Crippen LogP contribution in [0.4, 0.5) is 0 Å². The number of β-amino-alcohol motifs (C(OH)–C–C–N with tert-alkyl or cyclic N) is 2. The van der Waals surface area contributed by atoms with Gasteiger partial charge in [0.2, 0.25) is 5.82 Å². The number of carbonyl (C=O) groups is 1. The Morgan fingerprint density at radius 3 is 2.53 bits per heavy atom. The van der Waals surface area contributed by atoms with Crippen LogP contribution in [0.15, 0.2) is 0 Å². The van der Waals surface area contributed by atoms with E-state index in [1.807, 2.05) is 0 Å². The molecule has 7 nitrogen and oxygen atoms in total. The van der Waals surface area contributed by atoms with Crippen molar-refractivity contribution in [3.8, 4) is 0 Å². The number of aromatic nitrogens is 3. The van der Waals surface area contributed by atoms with Crippen LogP contribution in [0.5, 0.6) is 0 Å². The number of nitrogens with one attached hydrogen (secondary N) is 1. The maximum Gasteiger partial charge on any atom is 0.293 e. The Hall–Kier alpha value is -1.47. The van der Waals surface area contributed by atoms with Gasteiger partial charge in [-0.05, 0) is 12.8 Å². The molecule has 0 bridgehead atoms. The molecule has 92 valence electrons. The largest absolute Gasteiger partial charge is 0.388 e. The van der Waals surface area contributed by atoms with Crippen LogP contribution in [0.3, 0.4) is 0 Å². The SMILES string of the molecule is O=C(c1n[nH]c(C2CC2)n1)N1CC(O)C(O)C1. The minimum atomic E-state index is -0.874. The Labute approximate surface area is 97.5 Å². The number of nitrogens with zero attached hydrogens (tertiary/aromatic N) is 3. The summed E-state index contributed by atoms with van der Waals surface area (Å²) in [7, 11) is 0. The van der Waals surface area contributed by atoms with Crippen molar-refractivity contribution in [1.29, 1.82) is 0 Å². The lowest BCUT2D eigenvalue weighted by Crippen LogP contribution is -2.30. The van der Waals surface area contributed by atoms with Crippen LogP contribution in [0.1, 0.15) is 35.2 Å². The van der Waals surface area contributed by atoms with Gasteiger partial charge in [0.1, 0.15) is 5.82 Å². The molecule has 3 N–H and O–H groups in total. The van der Waals surface area contributed by atoms with Crippen molar-refractivity contribution >= 4 is 5.91 Å². The smallest absolute Gasteiger partial charge is 0.293 e. The van der Waals surface area contributed by atoms with Gasteiger partial charge in [0.15, 0.2) is 0 Å². The van der Waals surface area contributed by atoms with Gasteiger partial charge in [-0.2, -0.15) is 0 Å². The van der Waals surface area contributed by atoms with Crippen LogP contribution in [-0.2, 0) is 0 Å². The highest BCUT2D eigenvalue weighted by Gasteiger charge is 2.35. The quantitative estimate of drug-likeness (QED) is 0.604. The average Bonchev–Trinajstić information content (AvgIpc) is 2.95. The summed E-state index contributed by atoms with van der Waals surface area (Å²) in [5.41, 5.74) is 0. The summed E-state index contributed by atoms with van der Waals surface area (Å²) in [6.07, 6.45) is 0.426. The highest BCUT2D eigenvalue weighted by atomic mass is 16.3. The molecule has 2 atom stereocenters. The van der Waals surface area contributed by atoms with Crippen LogP contribution in [0.25, 0.3) is 0 Å². The predicted molar refractivity (Wildman–Crippen MR) is 56.3 cm³/mol. The van der Waals surface area contributed by atoms with Gasteiger partial charge in [0.05, 0.1) is 12.2 Å². The van der Waals surface area contributed by atoms with Crippen LogP contribution in [0, 0.1) is 0 Å². The predicted octanol–water partition coefficient (Wildman–Crippen LogP) is -1.14. The molecule has 0 spiro atoms. The van der Waals surface area contributed by atoms with Crippen LogP contribution in [0.2, 0.25) is 0 Å². The Kier molecular flexibility index (Phi) is 2.37. The zero-order chi connectivity index (χ0) is 12.0. The molecule has 17 heavy (non-hydrogen) atoms. The van der Waals surface area contributed by atoms with E-state index >= 15 is 0 Å². The number of carbonyl (C=O) groups excluding carboxylic acids is 1. The van der Waals surface area contributed by atoms with Gasteiger partial charge in [-0.15, -0.1) is 5.10 Å². The summed E-state index contributed by atoms with van der Waals surface area (Å²) < 4.78 is 0. The third-order valence-corrected chi connectivity index (χ3v) is 3.20. The molecule has 2 unspecified atom stereocenters. The van der Waals surface area contributed by atoms with Gasteiger partial charge in [-0.3, -0.25) is 9.89 Å². The number of rotatable bonds is 2. The van der Waals surface area contributed by atoms with E-state index in [0.717, 1.165) is 18.7 Å². The minimum absolute atomic E-state index is 0.119. The Morgan fingerprint density at radius 1 is 1.29 bits per heavy atom. The Bertz CT molecular complexity index is 433. The lowest BCUT2D eigenvalue weighted by molar-refractivity contribution is 0.0572. The maximum absolute atomic E-state index is 12.0. The van der Waals surface area contributed by atoms with Crippen molar-refractivity contribution in [1.82, 2.24) is 20.1 Å². The molecule has 1 aromatic heterocycles. The van der Waals surface area contributed by atoms with Gasteiger partial charge >= 0.3 is 0 Å². The van der Waals surface area contributed by atoms with Crippen LogP contribution < -0.4 is 0 Å². The number of hydrogen-bond donors (Lipinski definition) is 3. The standard InChI is InChI=1S/C10H14N4O3/c15-6-3-14(4-7(6)16)10(17)9-11-8(12-13-9)5-1-2-5/h5-7,15-16H,1-4H2,(H,11,12,13). The first-order valence-corrected chi connectivity index (χ1v) is 5.73. The highest BCUT2D eigenvalue weighted by molar-refractivity contribution is 5.90. The first kappa shape index (κ1) is 10.7. The average molecular weight is 238 g/mol. The van der Waals surface area contributed by atoms with Gasteiger partial charge in [-0.25, -0.2) is 4.98 Å². The topological polar surface area (TPSA) is 102 Å². The number of aromatic amines is 1. The second kappa shape index (κ2) is 3.78. The molecule has 1 aliphatic carbocycles. The van der Waals surface area contributed by atoms with E-state index in [2.05, 4.69) is 15.2 Å². The maximum atomic E-state index is 12.0. The molecule has 0 radical (unpaired) electrons. The monoisotopic (exact) mass is 238 g/mol. The Balaban J connectivity index is 1.72. The summed E-state index contributed by atoms with van der Waals surface area (Å²) >= 11 is 0. The van der Waals surface area contributed by atoms with E-state index in [4.69, 9.17) is 0 Å². The lowest BCUT2D eigenvalue weighted by atomic mass is 10.3. The molecule has 2 fully saturated rings. The second-order valence-electron chi connectivity index (χ2n) is 4.66. The van der Waals surface area contributed by atoms with Gasteiger partial charge < -0.3 is 15.1 Å². The second-order valence-corrected chi connectivity index (χ2v) is 4.66. The number of likely N-dealkylation sites (tertiary alicyclic amines) is 1. The number of aliphatic hydroxyl groups is 2. The summed E-state index contributed by atoms with van der Waals surface area (Å²) in [5.74, 6) is 0.949. The number of H-pyrrole nitrogens is 1. The molecular weight excluding hydrogens is 224 g/mol. The van der Waals surface area contributed by atoms with Crippen LogP contribution >= 0.6 is 0 Å². The third-order valence-electron chi connectivity index (χ3n) is 3.20. The minimum Gasteiger partial charge on any atom is -0.388 e. The molecule has 1 aliphatic heterocycles. The molecule has 2 aliphatic rings. The van der Waals surface area contributed by atoms with E-state index in [-0.39, 0.29) is 24.8 Å². The Morgan fingerprint density at radius 2 is 1.94 bits per heavy atom. The summed E-state index contributed by atoms with van der Waals surface area (Å²) in [4.78, 5) is 17.5. The molecule has 7 heteroatoms. The van der Waals surface area contributed by atoms with E-state index in [1.165, 1.54) is 4.90 Å². The van der Waals surface area contributed by atoms with Gasteiger partial charge in [0, 0.05) is 19.0 Å². The van der Waals surface area contributed by atoms with Crippen molar-refractivity contribution in [3.05, 3.63) is 11.6 Å². The van der Waals surface area contributed by atoms with Gasteiger partial charge in [0.25, 0.3) is 5.91 Å². The molecule has 0 aromatic carbocycles.